The van der Waals surface area contributed by atoms with Crippen molar-refractivity contribution in [1.29, 1.82) is 0 Å². The molecule has 0 aromatic rings. The van der Waals surface area contributed by atoms with Gasteiger partial charge in [0.25, 0.3) is 7.82 Å². The predicted octanol–water partition coefficient (Wildman–Crippen LogP) is 10.9. The molecule has 0 saturated heterocycles. The standard InChI is InChI=1S/C43H78NO8P/c1-6-8-10-12-14-16-18-19-20-21-22-23-24-25-26-28-30-32-34-36-43(46)52-41(40-51-53(47,48)50-38-37-44(3,4)5)39-49-42(45)35-33-31-29-27-17-15-13-11-9-7-2/h11,13-14,16,19-20,22-23,41H,6-10,12,15,17-18,21,24-40H2,1-5H3/b13-11-,16-14-,20-19-,23-22-. The topological polar surface area (TPSA) is 111 Å². The Morgan fingerprint density at radius 3 is 1.60 bits per heavy atom. The minimum atomic E-state index is -4.63. The van der Waals surface area contributed by atoms with Crippen molar-refractivity contribution in [2.45, 2.75) is 168 Å². The number of esters is 2. The molecule has 53 heavy (non-hydrogen) atoms. The van der Waals surface area contributed by atoms with Crippen molar-refractivity contribution < 1.29 is 42.1 Å². The summed E-state index contributed by atoms with van der Waals surface area (Å²) in [5.74, 6) is -0.866. The Kier molecular flexibility index (Phi) is 34.3. The number of likely N-dealkylation sites (N-methyl/N-ethyl adjacent to an activating group) is 1. The first-order valence-electron chi connectivity index (χ1n) is 20.8. The lowest BCUT2D eigenvalue weighted by Crippen LogP contribution is -2.37. The molecule has 10 heteroatoms. The molecule has 0 aliphatic rings. The summed E-state index contributed by atoms with van der Waals surface area (Å²) in [6.07, 6.45) is 40.0. The first kappa shape index (κ1) is 51.0. The van der Waals surface area contributed by atoms with E-state index in [-0.39, 0.29) is 26.1 Å². The van der Waals surface area contributed by atoms with Crippen LogP contribution in [0.4, 0.5) is 0 Å². The summed E-state index contributed by atoms with van der Waals surface area (Å²) in [4.78, 5) is 37.4. The van der Waals surface area contributed by atoms with E-state index in [1.165, 1.54) is 32.1 Å². The van der Waals surface area contributed by atoms with E-state index in [1.54, 1.807) is 0 Å². The van der Waals surface area contributed by atoms with E-state index < -0.39 is 32.5 Å². The molecule has 0 fully saturated rings. The highest BCUT2D eigenvalue weighted by molar-refractivity contribution is 7.45. The Hall–Kier alpha value is -2.03. The van der Waals surface area contributed by atoms with Crippen LogP contribution in [0.5, 0.6) is 0 Å². The number of allylic oxidation sites excluding steroid dienone is 8. The third-order valence-electron chi connectivity index (χ3n) is 8.55. The summed E-state index contributed by atoms with van der Waals surface area (Å²) in [6, 6.07) is 0. The summed E-state index contributed by atoms with van der Waals surface area (Å²) in [6.45, 7) is 4.09. The molecular weight excluding hydrogens is 689 g/mol. The molecule has 0 spiro atoms. The molecule has 9 nitrogen and oxygen atoms in total. The Morgan fingerprint density at radius 2 is 1.06 bits per heavy atom. The zero-order chi connectivity index (χ0) is 39.3. The fraction of sp³-hybridized carbons (Fsp3) is 0.767. The van der Waals surface area contributed by atoms with Crippen LogP contribution in [0, 0.1) is 0 Å². The van der Waals surface area contributed by atoms with Gasteiger partial charge in [-0.1, -0.05) is 127 Å². The molecule has 308 valence electrons. The summed E-state index contributed by atoms with van der Waals surface area (Å²) in [5, 5.41) is 0. The third kappa shape index (κ3) is 39.5. The van der Waals surface area contributed by atoms with Crippen LogP contribution < -0.4 is 4.89 Å². The second-order valence-electron chi connectivity index (χ2n) is 15.0. The van der Waals surface area contributed by atoms with Gasteiger partial charge in [0, 0.05) is 12.8 Å². The smallest absolute Gasteiger partial charge is 0.306 e. The number of nitrogens with zero attached hydrogens (tertiary/aromatic N) is 1. The van der Waals surface area contributed by atoms with Gasteiger partial charge in [0.15, 0.2) is 6.10 Å². The minimum absolute atomic E-state index is 0.0366. The van der Waals surface area contributed by atoms with Crippen LogP contribution in [0.15, 0.2) is 48.6 Å². The van der Waals surface area contributed by atoms with E-state index in [9.17, 15) is 19.0 Å². The van der Waals surface area contributed by atoms with Crippen molar-refractivity contribution >= 4 is 19.8 Å². The highest BCUT2D eigenvalue weighted by Crippen LogP contribution is 2.38. The Balaban J connectivity index is 4.39. The van der Waals surface area contributed by atoms with Gasteiger partial charge in [0.2, 0.25) is 0 Å². The second-order valence-corrected chi connectivity index (χ2v) is 16.4. The van der Waals surface area contributed by atoms with E-state index >= 15 is 0 Å². The number of phosphoric acid groups is 1. The molecule has 2 unspecified atom stereocenters. The van der Waals surface area contributed by atoms with Gasteiger partial charge in [0.1, 0.15) is 19.8 Å². The molecule has 0 amide bonds. The number of carbonyl (C=O) groups is 2. The van der Waals surface area contributed by atoms with Gasteiger partial charge < -0.3 is 27.9 Å². The minimum Gasteiger partial charge on any atom is -0.756 e. The van der Waals surface area contributed by atoms with Crippen LogP contribution in [0.1, 0.15) is 162 Å². The van der Waals surface area contributed by atoms with Gasteiger partial charge >= 0.3 is 11.9 Å². The lowest BCUT2D eigenvalue weighted by molar-refractivity contribution is -0.870. The number of unbranched alkanes of at least 4 members (excludes halogenated alkanes) is 15. The number of carbonyl (C=O) groups excluding carboxylic acids is 2. The molecule has 0 aliphatic heterocycles. The molecule has 0 aliphatic carbocycles. The maximum Gasteiger partial charge on any atom is 0.306 e. The van der Waals surface area contributed by atoms with Gasteiger partial charge in [-0.25, -0.2) is 0 Å². The van der Waals surface area contributed by atoms with Crippen LogP contribution in [0.2, 0.25) is 0 Å². The second kappa shape index (κ2) is 35.7. The molecule has 2 atom stereocenters. The molecule has 0 radical (unpaired) electrons. The van der Waals surface area contributed by atoms with Crippen LogP contribution >= 0.6 is 7.82 Å². The largest absolute Gasteiger partial charge is 0.756 e. The molecule has 0 aromatic carbocycles. The zero-order valence-corrected chi connectivity index (χ0v) is 35.3. The lowest BCUT2D eigenvalue weighted by atomic mass is 10.1. The third-order valence-corrected chi connectivity index (χ3v) is 9.52. The first-order valence-corrected chi connectivity index (χ1v) is 22.3. The van der Waals surface area contributed by atoms with E-state index in [0.717, 1.165) is 89.9 Å². The summed E-state index contributed by atoms with van der Waals surface area (Å²) < 4.78 is 33.8. The summed E-state index contributed by atoms with van der Waals surface area (Å²) >= 11 is 0. The molecule has 0 saturated carbocycles. The zero-order valence-electron chi connectivity index (χ0n) is 34.4. The molecule has 0 bridgehead atoms. The monoisotopic (exact) mass is 768 g/mol. The van der Waals surface area contributed by atoms with Crippen LogP contribution in [-0.2, 0) is 32.7 Å². The number of hydrogen-bond acceptors (Lipinski definition) is 8. The number of hydrogen-bond donors (Lipinski definition) is 0. The van der Waals surface area contributed by atoms with Crippen molar-refractivity contribution in [2.75, 3.05) is 47.5 Å². The van der Waals surface area contributed by atoms with E-state index in [0.29, 0.717) is 23.9 Å². The highest BCUT2D eigenvalue weighted by atomic mass is 31.2. The van der Waals surface area contributed by atoms with Gasteiger partial charge in [-0.2, -0.15) is 0 Å². The van der Waals surface area contributed by atoms with Gasteiger partial charge in [-0.3, -0.25) is 14.2 Å². The van der Waals surface area contributed by atoms with Crippen LogP contribution in [0.3, 0.4) is 0 Å². The quantitative estimate of drug-likeness (QED) is 0.0202. The Bertz CT molecular complexity index is 1050. The average Bonchev–Trinajstić information content (AvgIpc) is 3.10. The van der Waals surface area contributed by atoms with Gasteiger partial charge in [-0.05, 0) is 70.6 Å². The van der Waals surface area contributed by atoms with Gasteiger partial charge in [0.05, 0.1) is 27.7 Å². The Morgan fingerprint density at radius 1 is 0.585 bits per heavy atom. The number of ether oxygens (including phenoxy) is 2. The SMILES string of the molecule is CCC/C=C\CCCCCCCC(=O)OCC(COP(=O)([O-])OCC[N+](C)(C)C)OC(=O)CCCCCCCC/C=C\C/C=C\C/C=C\CCCCC. The fourth-order valence-electron chi connectivity index (χ4n) is 5.25. The maximum atomic E-state index is 12.6. The lowest BCUT2D eigenvalue weighted by Gasteiger charge is -2.28. The van der Waals surface area contributed by atoms with Crippen molar-refractivity contribution in [2.24, 2.45) is 0 Å². The van der Waals surface area contributed by atoms with Gasteiger partial charge in [-0.15, -0.1) is 0 Å². The predicted molar refractivity (Wildman–Crippen MR) is 217 cm³/mol. The molecule has 0 aromatic heterocycles. The Labute approximate surface area is 324 Å². The molecule has 0 rings (SSSR count). The van der Waals surface area contributed by atoms with Crippen molar-refractivity contribution in [3.8, 4) is 0 Å². The molecule has 0 N–H and O–H groups in total. The number of rotatable bonds is 37. The maximum absolute atomic E-state index is 12.6. The number of quaternary nitrogens is 1. The summed E-state index contributed by atoms with van der Waals surface area (Å²) in [7, 11) is 1.14. The molecular formula is C43H78NO8P. The van der Waals surface area contributed by atoms with E-state index in [2.05, 4.69) is 62.5 Å². The number of phosphoric ester groups is 1. The van der Waals surface area contributed by atoms with Crippen molar-refractivity contribution in [1.82, 2.24) is 0 Å². The van der Waals surface area contributed by atoms with E-state index in [1.807, 2.05) is 21.1 Å². The van der Waals surface area contributed by atoms with Crippen LogP contribution in [-0.4, -0.2) is 70.0 Å². The van der Waals surface area contributed by atoms with Crippen molar-refractivity contribution in [3.63, 3.8) is 0 Å². The molecule has 0 heterocycles. The van der Waals surface area contributed by atoms with Crippen molar-refractivity contribution in [3.05, 3.63) is 48.6 Å². The summed E-state index contributed by atoms with van der Waals surface area (Å²) in [5.41, 5.74) is 0. The normalized spacial score (nSPS) is 14.2. The first-order chi connectivity index (χ1) is 25.5. The fourth-order valence-corrected chi connectivity index (χ4v) is 5.98. The average molecular weight is 768 g/mol. The van der Waals surface area contributed by atoms with Crippen LogP contribution in [0.25, 0.3) is 0 Å². The highest BCUT2D eigenvalue weighted by Gasteiger charge is 2.21. The van der Waals surface area contributed by atoms with E-state index in [4.69, 9.17) is 18.5 Å².